The van der Waals surface area contributed by atoms with Crippen molar-refractivity contribution in [2.45, 2.75) is 23.2 Å². The van der Waals surface area contributed by atoms with Crippen LogP contribution in [0.3, 0.4) is 0 Å². The fourth-order valence-corrected chi connectivity index (χ4v) is 5.51. The second-order valence-electron chi connectivity index (χ2n) is 8.24. The van der Waals surface area contributed by atoms with E-state index in [-0.39, 0.29) is 36.3 Å². The fourth-order valence-electron chi connectivity index (χ4n) is 3.44. The summed E-state index contributed by atoms with van der Waals surface area (Å²) in [5.41, 5.74) is 12.9. The fraction of sp³-hybridized carbons (Fsp3) is 0.292. The highest BCUT2D eigenvalue weighted by Crippen LogP contribution is 2.28. The smallest absolute Gasteiger partial charge is 0.267 e. The maximum Gasteiger partial charge on any atom is 0.267 e. The van der Waals surface area contributed by atoms with Crippen LogP contribution in [-0.2, 0) is 26.0 Å². The lowest BCUT2D eigenvalue weighted by Crippen LogP contribution is -2.51. The molecule has 0 aliphatic heterocycles. The van der Waals surface area contributed by atoms with Gasteiger partial charge in [0.1, 0.15) is 24.7 Å². The molecule has 0 fully saturated rings. The van der Waals surface area contributed by atoms with Gasteiger partial charge in [-0.2, -0.15) is 0 Å². The van der Waals surface area contributed by atoms with Crippen LogP contribution in [0.1, 0.15) is 12.0 Å². The topological polar surface area (TPSA) is 213 Å². The van der Waals surface area contributed by atoms with Gasteiger partial charge in [-0.15, -0.1) is 11.3 Å². The average Bonchev–Trinajstić information content (AvgIpc) is 3.34. The SMILES string of the molecule is CNS(=O)(=O)c1nc2ccc(OC/C(N)=C/N(N)C(C(N)=O)C(=O)CCc3ccc(OCCO)cc3)cc2s1. The van der Waals surface area contributed by atoms with Crippen LogP contribution in [0.5, 0.6) is 11.5 Å². The molecule has 3 rings (SSSR count). The number of Topliss-reactive ketones (excluding diaryl/α,β-unsaturated/α-hetero) is 1. The van der Waals surface area contributed by atoms with Crippen molar-refractivity contribution in [1.29, 1.82) is 0 Å². The van der Waals surface area contributed by atoms with Crippen molar-refractivity contribution in [2.24, 2.45) is 17.3 Å². The molecule has 0 radical (unpaired) electrons. The Morgan fingerprint density at radius 2 is 1.85 bits per heavy atom. The lowest BCUT2D eigenvalue weighted by atomic mass is 10.0. The molecular weight excluding hydrogens is 548 g/mol. The molecule has 1 atom stereocenters. The zero-order valence-electron chi connectivity index (χ0n) is 21.1. The highest BCUT2D eigenvalue weighted by atomic mass is 32.2. The highest BCUT2D eigenvalue weighted by Gasteiger charge is 2.28. The molecule has 0 spiro atoms. The van der Waals surface area contributed by atoms with Crippen molar-refractivity contribution in [2.75, 3.05) is 26.9 Å². The number of aromatic nitrogens is 1. The second kappa shape index (κ2) is 13.3. The summed E-state index contributed by atoms with van der Waals surface area (Å²) in [6.45, 7) is -0.0535. The van der Waals surface area contributed by atoms with Gasteiger partial charge in [0.2, 0.25) is 10.2 Å². The van der Waals surface area contributed by atoms with Crippen molar-refractivity contribution in [3.63, 3.8) is 0 Å². The normalized spacial score (nSPS) is 12.7. The zero-order valence-corrected chi connectivity index (χ0v) is 22.7. The Bertz CT molecular complexity index is 1440. The van der Waals surface area contributed by atoms with E-state index in [9.17, 15) is 18.0 Å². The number of aliphatic hydroxyl groups is 1. The van der Waals surface area contributed by atoms with Crippen molar-refractivity contribution in [3.8, 4) is 11.5 Å². The van der Waals surface area contributed by atoms with Gasteiger partial charge < -0.3 is 26.0 Å². The first-order valence-electron chi connectivity index (χ1n) is 11.6. The largest absolute Gasteiger partial charge is 0.491 e. The summed E-state index contributed by atoms with van der Waals surface area (Å²) in [5, 5.41) is 9.67. The standard InChI is InChI=1S/C24H30N6O7S2/c1-28-39(34,35)24-29-19-8-7-18(12-21(19)38-24)37-14-16(25)13-30(27)22(23(26)33)20(32)9-4-15-2-5-17(6-3-15)36-11-10-31/h2-3,5-8,12-13,22,28,31H,4,9-11,14,25,27H2,1H3,(H2,26,33)/b16-13-. The molecule has 13 nitrogen and oxygen atoms in total. The number of sulfonamides is 1. The number of ketones is 1. The van der Waals surface area contributed by atoms with E-state index >= 15 is 0 Å². The van der Waals surface area contributed by atoms with Crippen molar-refractivity contribution in [1.82, 2.24) is 14.7 Å². The van der Waals surface area contributed by atoms with Gasteiger partial charge >= 0.3 is 0 Å². The molecule has 1 amide bonds. The van der Waals surface area contributed by atoms with Gasteiger partial charge in [-0.25, -0.2) is 24.0 Å². The lowest BCUT2D eigenvalue weighted by molar-refractivity contribution is -0.133. The Morgan fingerprint density at radius 3 is 2.49 bits per heavy atom. The second-order valence-corrected chi connectivity index (χ2v) is 11.3. The van der Waals surface area contributed by atoms with E-state index in [1.165, 1.54) is 13.2 Å². The molecule has 3 aromatic rings. The van der Waals surface area contributed by atoms with Gasteiger partial charge in [0, 0.05) is 12.6 Å². The van der Waals surface area contributed by atoms with E-state index in [0.29, 0.717) is 28.1 Å². The molecule has 39 heavy (non-hydrogen) atoms. The van der Waals surface area contributed by atoms with E-state index in [2.05, 4.69) is 9.71 Å². The van der Waals surface area contributed by atoms with Crippen LogP contribution in [0.2, 0.25) is 0 Å². The number of carbonyl (C=O) groups excluding carboxylic acids is 2. The molecule has 8 N–H and O–H groups in total. The summed E-state index contributed by atoms with van der Waals surface area (Å²) in [6, 6.07) is 10.4. The van der Waals surface area contributed by atoms with E-state index in [0.717, 1.165) is 21.9 Å². The average molecular weight is 579 g/mol. The number of rotatable bonds is 15. The molecule has 1 heterocycles. The quantitative estimate of drug-likeness (QED) is 0.0918. The molecular formula is C24H30N6O7S2. The Hall–Kier alpha value is -3.76. The summed E-state index contributed by atoms with van der Waals surface area (Å²) >= 11 is 0.985. The van der Waals surface area contributed by atoms with E-state index < -0.39 is 27.8 Å². The Morgan fingerprint density at radius 1 is 1.15 bits per heavy atom. The minimum Gasteiger partial charge on any atom is -0.491 e. The van der Waals surface area contributed by atoms with E-state index in [4.69, 9.17) is 31.9 Å². The van der Waals surface area contributed by atoms with Crippen LogP contribution in [-0.4, -0.2) is 68.1 Å². The van der Waals surface area contributed by atoms with Gasteiger partial charge in [0.15, 0.2) is 11.8 Å². The van der Waals surface area contributed by atoms with Crippen molar-refractivity contribution >= 4 is 43.3 Å². The number of nitrogens with one attached hydrogen (secondary N) is 1. The molecule has 0 bridgehead atoms. The first kappa shape index (κ1) is 29.8. The number of thiazole rings is 1. The highest BCUT2D eigenvalue weighted by molar-refractivity contribution is 7.91. The minimum atomic E-state index is -3.67. The number of amides is 1. The summed E-state index contributed by atoms with van der Waals surface area (Å²) in [4.78, 5) is 28.9. The van der Waals surface area contributed by atoms with Crippen LogP contribution in [0, 0.1) is 0 Å². The number of benzene rings is 2. The predicted molar refractivity (Wildman–Crippen MR) is 145 cm³/mol. The van der Waals surface area contributed by atoms with Gasteiger partial charge in [-0.1, -0.05) is 12.1 Å². The maximum absolute atomic E-state index is 12.8. The number of fused-ring (bicyclic) bond motifs is 1. The molecule has 1 aromatic heterocycles. The third kappa shape index (κ3) is 8.11. The molecule has 0 aliphatic rings. The number of nitrogens with two attached hydrogens (primary N) is 3. The lowest BCUT2D eigenvalue weighted by Gasteiger charge is -2.23. The molecule has 0 saturated heterocycles. The molecule has 2 aromatic carbocycles. The van der Waals surface area contributed by atoms with Crippen LogP contribution in [0.25, 0.3) is 10.2 Å². The number of aryl methyl sites for hydroxylation is 1. The summed E-state index contributed by atoms with van der Waals surface area (Å²) in [5.74, 6) is 5.52. The number of aliphatic hydroxyl groups excluding tert-OH is 1. The molecule has 0 saturated carbocycles. The number of hydrazine groups is 1. The summed E-state index contributed by atoms with van der Waals surface area (Å²) < 4.78 is 37.7. The number of carbonyl (C=O) groups is 2. The van der Waals surface area contributed by atoms with Gasteiger partial charge in [-0.05, 0) is 49.4 Å². The summed E-state index contributed by atoms with van der Waals surface area (Å²) in [7, 11) is -2.37. The van der Waals surface area contributed by atoms with Crippen LogP contribution in [0.15, 0.2) is 58.7 Å². The zero-order chi connectivity index (χ0) is 28.6. The third-order valence-corrected chi connectivity index (χ3v) is 8.18. The predicted octanol–water partition coefficient (Wildman–Crippen LogP) is -0.0141. The molecule has 210 valence electrons. The van der Waals surface area contributed by atoms with Gasteiger partial charge in [-0.3, -0.25) is 14.6 Å². The van der Waals surface area contributed by atoms with Crippen molar-refractivity contribution < 1.29 is 32.6 Å². The van der Waals surface area contributed by atoms with Crippen molar-refractivity contribution in [3.05, 3.63) is 59.9 Å². The van der Waals surface area contributed by atoms with E-state index in [1.54, 1.807) is 42.5 Å². The van der Waals surface area contributed by atoms with Crippen LogP contribution < -0.4 is 31.5 Å². The Labute approximate surface area is 229 Å². The number of nitrogens with zero attached hydrogens (tertiary/aromatic N) is 2. The Balaban J connectivity index is 1.59. The Kier molecular flexibility index (Phi) is 10.2. The molecule has 15 heteroatoms. The number of primary amides is 1. The van der Waals surface area contributed by atoms with Gasteiger partial charge in [0.25, 0.3) is 10.0 Å². The number of hydrogen-bond donors (Lipinski definition) is 5. The number of ether oxygens (including phenoxy) is 2. The molecule has 0 aliphatic carbocycles. The minimum absolute atomic E-state index is 0.00250. The van der Waals surface area contributed by atoms with Crippen LogP contribution >= 0.6 is 11.3 Å². The maximum atomic E-state index is 12.8. The van der Waals surface area contributed by atoms with E-state index in [1.807, 2.05) is 0 Å². The van der Waals surface area contributed by atoms with Crippen LogP contribution in [0.4, 0.5) is 0 Å². The third-order valence-electron chi connectivity index (χ3n) is 5.38. The molecule has 1 unspecified atom stereocenters. The van der Waals surface area contributed by atoms with Gasteiger partial charge in [0.05, 0.1) is 22.5 Å². The first-order valence-corrected chi connectivity index (χ1v) is 13.9. The number of hydrogen-bond acceptors (Lipinski definition) is 12. The monoisotopic (exact) mass is 578 g/mol. The first-order chi connectivity index (χ1) is 18.5. The summed E-state index contributed by atoms with van der Waals surface area (Å²) in [6.07, 6.45) is 1.54.